The third kappa shape index (κ3) is 3.99. The Morgan fingerprint density at radius 2 is 2.05 bits per heavy atom. The second-order valence-electron chi connectivity index (χ2n) is 5.56. The van der Waals surface area contributed by atoms with Crippen LogP contribution < -0.4 is 5.32 Å². The minimum atomic E-state index is -3.61. The summed E-state index contributed by atoms with van der Waals surface area (Å²) in [5.74, 6) is 1.07. The maximum absolute atomic E-state index is 12.3. The number of sulfonamides is 1. The van der Waals surface area contributed by atoms with E-state index < -0.39 is 10.0 Å². The molecule has 0 saturated carbocycles. The number of thioether (sulfide) groups is 1. The summed E-state index contributed by atoms with van der Waals surface area (Å²) in [5.41, 5.74) is 1.61. The van der Waals surface area contributed by atoms with Crippen molar-refractivity contribution in [2.75, 3.05) is 31.7 Å². The van der Waals surface area contributed by atoms with Gasteiger partial charge in [0.15, 0.2) is 5.17 Å². The van der Waals surface area contributed by atoms with Gasteiger partial charge in [-0.15, -0.1) is 4.40 Å². The molecule has 1 aromatic carbocycles. The fourth-order valence-electron chi connectivity index (χ4n) is 1.90. The Bertz CT molecular complexity index is 652. The molecule has 0 atom stereocenters. The van der Waals surface area contributed by atoms with E-state index in [0.29, 0.717) is 10.9 Å². The molecule has 1 aliphatic heterocycles. The predicted molar refractivity (Wildman–Crippen MR) is 89.8 cm³/mol. The van der Waals surface area contributed by atoms with E-state index in [9.17, 15) is 8.42 Å². The molecular formula is C14H21N3O2S2. The molecule has 0 amide bonds. The van der Waals surface area contributed by atoms with Crippen LogP contribution in [0.15, 0.2) is 27.5 Å². The number of nitrogens with zero attached hydrogens (tertiary/aromatic N) is 2. The topological polar surface area (TPSA) is 61.8 Å². The molecule has 21 heavy (non-hydrogen) atoms. The first-order chi connectivity index (χ1) is 9.79. The Kier molecular flexibility index (Phi) is 4.95. The zero-order chi connectivity index (χ0) is 15.6. The molecule has 5 nitrogen and oxygen atoms in total. The lowest BCUT2D eigenvalue weighted by molar-refractivity contribution is 0.438. The highest BCUT2D eigenvalue weighted by atomic mass is 32.2. The Morgan fingerprint density at radius 3 is 2.67 bits per heavy atom. The number of nitrogens with one attached hydrogen (secondary N) is 1. The third-order valence-electron chi connectivity index (χ3n) is 3.17. The van der Waals surface area contributed by atoms with Crippen molar-refractivity contribution in [3.05, 3.63) is 23.8 Å². The summed E-state index contributed by atoms with van der Waals surface area (Å²) in [6, 6.07) is 5.50. The normalized spacial score (nSPS) is 16.6. The molecule has 0 radical (unpaired) electrons. The molecule has 0 bridgehead atoms. The number of rotatable bonds is 4. The third-order valence-corrected chi connectivity index (χ3v) is 5.46. The predicted octanol–water partition coefficient (Wildman–Crippen LogP) is 2.58. The van der Waals surface area contributed by atoms with E-state index in [1.807, 2.05) is 45.0 Å². The second-order valence-corrected chi connectivity index (χ2v) is 8.21. The number of hydrogen-bond donors (Lipinski definition) is 1. The van der Waals surface area contributed by atoms with Gasteiger partial charge in [0.2, 0.25) is 0 Å². The quantitative estimate of drug-likeness (QED) is 0.921. The average Bonchev–Trinajstić information content (AvgIpc) is 2.37. The zero-order valence-corrected chi connectivity index (χ0v) is 14.4. The fraction of sp³-hybridized carbons (Fsp3) is 0.500. The van der Waals surface area contributed by atoms with Gasteiger partial charge in [-0.3, -0.25) is 0 Å². The highest BCUT2D eigenvalue weighted by molar-refractivity contribution is 8.14. The average molecular weight is 327 g/mol. The summed E-state index contributed by atoms with van der Waals surface area (Å²) in [7, 11) is 0.358. The number of anilines is 1. The number of amidine groups is 1. The van der Waals surface area contributed by atoms with Gasteiger partial charge in [0, 0.05) is 12.3 Å². The SMILES string of the molecule is CC(C)c1ccc2c(c1)S(=O)(=O)N=C(SCCN(C)C)N2. The van der Waals surface area contributed by atoms with Gasteiger partial charge < -0.3 is 10.2 Å². The smallest absolute Gasteiger partial charge is 0.286 e. The maximum atomic E-state index is 12.3. The van der Waals surface area contributed by atoms with Gasteiger partial charge in [-0.25, -0.2) is 0 Å². The van der Waals surface area contributed by atoms with E-state index in [4.69, 9.17) is 0 Å². The molecule has 0 saturated heterocycles. The van der Waals surface area contributed by atoms with Crippen molar-refractivity contribution in [1.29, 1.82) is 0 Å². The summed E-state index contributed by atoms with van der Waals surface area (Å²) in [4.78, 5) is 2.32. The molecule has 0 spiro atoms. The van der Waals surface area contributed by atoms with Crippen LogP contribution in [0, 0.1) is 0 Å². The van der Waals surface area contributed by atoms with Crippen LogP contribution in [0.3, 0.4) is 0 Å². The van der Waals surface area contributed by atoms with Gasteiger partial charge in [0.05, 0.1) is 5.69 Å². The first-order valence-electron chi connectivity index (χ1n) is 6.83. The van der Waals surface area contributed by atoms with Crippen LogP contribution in [0.2, 0.25) is 0 Å². The second kappa shape index (κ2) is 6.37. The molecular weight excluding hydrogens is 306 g/mol. The molecule has 116 valence electrons. The fourth-order valence-corrected chi connectivity index (χ4v) is 4.28. The molecule has 0 unspecified atom stereocenters. The lowest BCUT2D eigenvalue weighted by Gasteiger charge is -2.19. The Hall–Kier alpha value is -1.05. The van der Waals surface area contributed by atoms with Crippen LogP contribution in [-0.4, -0.2) is 44.9 Å². The molecule has 1 aliphatic rings. The van der Waals surface area contributed by atoms with Crippen molar-refractivity contribution in [3.8, 4) is 0 Å². The molecule has 1 heterocycles. The van der Waals surface area contributed by atoms with Crippen LogP contribution in [0.25, 0.3) is 0 Å². The lowest BCUT2D eigenvalue weighted by Crippen LogP contribution is -2.22. The number of fused-ring (bicyclic) bond motifs is 1. The van der Waals surface area contributed by atoms with Crippen molar-refractivity contribution in [3.63, 3.8) is 0 Å². The van der Waals surface area contributed by atoms with Gasteiger partial charge in [-0.05, 0) is 37.7 Å². The first kappa shape index (κ1) is 16.3. The van der Waals surface area contributed by atoms with Crippen LogP contribution in [-0.2, 0) is 10.0 Å². The summed E-state index contributed by atoms with van der Waals surface area (Å²) < 4.78 is 28.5. The van der Waals surface area contributed by atoms with E-state index in [2.05, 4.69) is 9.71 Å². The molecule has 0 fully saturated rings. The molecule has 0 aromatic heterocycles. The Balaban J connectivity index is 2.23. The van der Waals surface area contributed by atoms with Crippen molar-refractivity contribution < 1.29 is 8.42 Å². The van der Waals surface area contributed by atoms with Crippen molar-refractivity contribution >= 4 is 32.6 Å². The Morgan fingerprint density at radius 1 is 1.33 bits per heavy atom. The summed E-state index contributed by atoms with van der Waals surface area (Å²) in [6.45, 7) is 4.94. The van der Waals surface area contributed by atoms with Crippen molar-refractivity contribution in [1.82, 2.24) is 4.90 Å². The molecule has 0 aliphatic carbocycles. The largest absolute Gasteiger partial charge is 0.333 e. The highest BCUT2D eigenvalue weighted by Gasteiger charge is 2.25. The molecule has 2 rings (SSSR count). The van der Waals surface area contributed by atoms with Crippen molar-refractivity contribution in [2.45, 2.75) is 24.7 Å². The van der Waals surface area contributed by atoms with Gasteiger partial charge in [-0.1, -0.05) is 31.7 Å². The van der Waals surface area contributed by atoms with Gasteiger partial charge in [0.1, 0.15) is 4.90 Å². The van der Waals surface area contributed by atoms with Crippen molar-refractivity contribution in [2.24, 2.45) is 4.40 Å². The Labute approximate surface area is 130 Å². The molecule has 7 heteroatoms. The van der Waals surface area contributed by atoms with E-state index in [0.717, 1.165) is 17.9 Å². The van der Waals surface area contributed by atoms with Crippen LogP contribution in [0.1, 0.15) is 25.3 Å². The standard InChI is InChI=1S/C14H21N3O2S2/c1-10(2)11-5-6-12-13(9-11)21(18,19)16-14(15-12)20-8-7-17(3)4/h5-6,9-10H,7-8H2,1-4H3,(H,15,16). The van der Waals surface area contributed by atoms with Crippen LogP contribution in [0.5, 0.6) is 0 Å². The monoisotopic (exact) mass is 327 g/mol. The summed E-state index contributed by atoms with van der Waals surface area (Å²) in [6.07, 6.45) is 0. The van der Waals surface area contributed by atoms with E-state index in [1.54, 1.807) is 6.07 Å². The number of benzene rings is 1. The van der Waals surface area contributed by atoms with E-state index >= 15 is 0 Å². The van der Waals surface area contributed by atoms with Gasteiger partial charge in [0.25, 0.3) is 10.0 Å². The molecule has 1 aromatic rings. The molecule has 1 N–H and O–H groups in total. The van der Waals surface area contributed by atoms with Gasteiger partial charge in [-0.2, -0.15) is 8.42 Å². The maximum Gasteiger partial charge on any atom is 0.286 e. The minimum absolute atomic E-state index is 0.269. The zero-order valence-electron chi connectivity index (χ0n) is 12.8. The first-order valence-corrected chi connectivity index (χ1v) is 9.25. The lowest BCUT2D eigenvalue weighted by atomic mass is 10.0. The highest BCUT2D eigenvalue weighted by Crippen LogP contribution is 2.32. The van der Waals surface area contributed by atoms with Crippen LogP contribution in [0.4, 0.5) is 5.69 Å². The minimum Gasteiger partial charge on any atom is -0.333 e. The summed E-state index contributed by atoms with van der Waals surface area (Å²) >= 11 is 1.42. The van der Waals surface area contributed by atoms with Crippen LogP contribution >= 0.6 is 11.8 Å². The number of hydrogen-bond acceptors (Lipinski definition) is 5. The van der Waals surface area contributed by atoms with Gasteiger partial charge >= 0.3 is 0 Å². The summed E-state index contributed by atoms with van der Waals surface area (Å²) in [5, 5.41) is 3.55. The van der Waals surface area contributed by atoms with E-state index in [-0.39, 0.29) is 10.8 Å². The van der Waals surface area contributed by atoms with E-state index in [1.165, 1.54) is 11.8 Å².